The standard InChI is InChI=1S/C18H19F3N2O3/c1-25-13-7-5-6-12(10-13)16(26-2)11-22-17(24)23-15-9-4-3-8-14(15)18(19,20)21/h3-10,16H,11H2,1-2H3,(H2,22,23,24). The number of carbonyl (C=O) groups excluding carboxylic acids is 1. The fourth-order valence-electron chi connectivity index (χ4n) is 2.37. The molecule has 0 fully saturated rings. The minimum absolute atomic E-state index is 0.0731. The van der Waals surface area contributed by atoms with E-state index in [0.29, 0.717) is 5.75 Å². The molecule has 1 unspecified atom stereocenters. The molecule has 26 heavy (non-hydrogen) atoms. The second-order valence-electron chi connectivity index (χ2n) is 5.38. The van der Waals surface area contributed by atoms with Gasteiger partial charge in [-0.1, -0.05) is 24.3 Å². The number of urea groups is 1. The fourth-order valence-corrected chi connectivity index (χ4v) is 2.37. The summed E-state index contributed by atoms with van der Waals surface area (Å²) in [6.07, 6.45) is -5.03. The molecule has 0 saturated carbocycles. The van der Waals surface area contributed by atoms with Crippen molar-refractivity contribution in [2.45, 2.75) is 12.3 Å². The van der Waals surface area contributed by atoms with E-state index in [1.807, 2.05) is 0 Å². The van der Waals surface area contributed by atoms with E-state index in [0.717, 1.165) is 11.6 Å². The van der Waals surface area contributed by atoms with Crippen molar-refractivity contribution in [2.24, 2.45) is 0 Å². The SMILES string of the molecule is COc1cccc(C(CNC(=O)Nc2ccccc2C(F)(F)F)OC)c1. The van der Waals surface area contributed by atoms with Crippen LogP contribution in [0.25, 0.3) is 0 Å². The van der Waals surface area contributed by atoms with Gasteiger partial charge in [-0.15, -0.1) is 0 Å². The lowest BCUT2D eigenvalue weighted by Gasteiger charge is -2.18. The number of nitrogens with one attached hydrogen (secondary N) is 2. The van der Waals surface area contributed by atoms with Crippen molar-refractivity contribution in [3.63, 3.8) is 0 Å². The van der Waals surface area contributed by atoms with Gasteiger partial charge in [0, 0.05) is 13.7 Å². The van der Waals surface area contributed by atoms with Crippen molar-refractivity contribution in [3.8, 4) is 5.75 Å². The van der Waals surface area contributed by atoms with Gasteiger partial charge in [-0.05, 0) is 29.8 Å². The molecule has 0 saturated heterocycles. The smallest absolute Gasteiger partial charge is 0.418 e. The van der Waals surface area contributed by atoms with Crippen molar-refractivity contribution in [1.29, 1.82) is 0 Å². The number of amides is 2. The van der Waals surface area contributed by atoms with E-state index >= 15 is 0 Å². The molecule has 0 aromatic heterocycles. The highest BCUT2D eigenvalue weighted by atomic mass is 19.4. The summed E-state index contributed by atoms with van der Waals surface area (Å²) < 4.78 is 49.3. The van der Waals surface area contributed by atoms with Gasteiger partial charge < -0.3 is 20.1 Å². The summed E-state index contributed by atoms with van der Waals surface area (Å²) in [5.41, 5.74) is -0.457. The Hall–Kier alpha value is -2.74. The largest absolute Gasteiger partial charge is 0.497 e. The third-order valence-electron chi connectivity index (χ3n) is 3.68. The summed E-state index contributed by atoms with van der Waals surface area (Å²) in [5.74, 6) is 0.633. The molecular formula is C18H19F3N2O3. The van der Waals surface area contributed by atoms with Crippen LogP contribution in [0.5, 0.6) is 5.75 Å². The Morgan fingerprint density at radius 1 is 1.12 bits per heavy atom. The Kier molecular flexibility index (Phi) is 6.46. The van der Waals surface area contributed by atoms with Gasteiger partial charge in [-0.2, -0.15) is 13.2 Å². The number of carbonyl (C=O) groups is 1. The molecule has 0 heterocycles. The topological polar surface area (TPSA) is 59.6 Å². The van der Waals surface area contributed by atoms with Crippen LogP contribution in [-0.4, -0.2) is 26.8 Å². The second kappa shape index (κ2) is 8.57. The lowest BCUT2D eigenvalue weighted by molar-refractivity contribution is -0.136. The zero-order valence-electron chi connectivity index (χ0n) is 14.3. The predicted octanol–water partition coefficient (Wildman–Crippen LogP) is 4.22. The Morgan fingerprint density at radius 2 is 1.85 bits per heavy atom. The number of para-hydroxylation sites is 1. The second-order valence-corrected chi connectivity index (χ2v) is 5.38. The molecule has 1 atom stereocenters. The molecule has 5 nitrogen and oxygen atoms in total. The molecule has 0 aliphatic carbocycles. The summed E-state index contributed by atoms with van der Waals surface area (Å²) in [6.45, 7) is 0.0731. The molecule has 2 aromatic rings. The zero-order chi connectivity index (χ0) is 19.2. The number of rotatable bonds is 6. The molecule has 140 valence electrons. The van der Waals surface area contributed by atoms with Gasteiger partial charge in [0.15, 0.2) is 0 Å². The van der Waals surface area contributed by atoms with E-state index in [2.05, 4.69) is 10.6 Å². The third kappa shape index (κ3) is 5.13. The third-order valence-corrected chi connectivity index (χ3v) is 3.68. The van der Waals surface area contributed by atoms with Crippen LogP contribution < -0.4 is 15.4 Å². The fraction of sp³-hybridized carbons (Fsp3) is 0.278. The van der Waals surface area contributed by atoms with Crippen LogP contribution in [0, 0.1) is 0 Å². The summed E-state index contributed by atoms with van der Waals surface area (Å²) in [4.78, 5) is 12.0. The Morgan fingerprint density at radius 3 is 2.50 bits per heavy atom. The highest BCUT2D eigenvalue weighted by Crippen LogP contribution is 2.34. The summed E-state index contributed by atoms with van der Waals surface area (Å²) in [7, 11) is 3.01. The Labute approximate surface area is 149 Å². The van der Waals surface area contributed by atoms with E-state index in [-0.39, 0.29) is 12.2 Å². The number of hydrogen-bond acceptors (Lipinski definition) is 3. The molecule has 2 aromatic carbocycles. The van der Waals surface area contributed by atoms with Gasteiger partial charge in [0.2, 0.25) is 0 Å². The molecule has 8 heteroatoms. The van der Waals surface area contributed by atoms with Crippen LogP contribution in [0.1, 0.15) is 17.2 Å². The molecule has 0 spiro atoms. The van der Waals surface area contributed by atoms with E-state index in [4.69, 9.17) is 9.47 Å². The van der Waals surface area contributed by atoms with Crippen LogP contribution >= 0.6 is 0 Å². The average Bonchev–Trinajstić information content (AvgIpc) is 2.62. The van der Waals surface area contributed by atoms with Crippen LogP contribution in [0.15, 0.2) is 48.5 Å². The van der Waals surface area contributed by atoms with Crippen molar-refractivity contribution in [3.05, 3.63) is 59.7 Å². The van der Waals surface area contributed by atoms with Crippen molar-refractivity contribution >= 4 is 11.7 Å². The van der Waals surface area contributed by atoms with Crippen molar-refractivity contribution < 1.29 is 27.4 Å². The summed E-state index contributed by atoms with van der Waals surface area (Å²) >= 11 is 0. The first kappa shape index (κ1) is 19.6. The Balaban J connectivity index is 2.02. The number of anilines is 1. The first-order valence-corrected chi connectivity index (χ1v) is 7.73. The quantitative estimate of drug-likeness (QED) is 0.803. The minimum Gasteiger partial charge on any atom is -0.497 e. The van der Waals surface area contributed by atoms with Crippen LogP contribution in [0.3, 0.4) is 0 Å². The molecule has 0 aliphatic heterocycles. The highest BCUT2D eigenvalue weighted by molar-refractivity contribution is 5.90. The zero-order valence-corrected chi connectivity index (χ0v) is 14.3. The predicted molar refractivity (Wildman–Crippen MR) is 91.2 cm³/mol. The number of halogens is 3. The van der Waals surface area contributed by atoms with Gasteiger partial charge in [-0.3, -0.25) is 0 Å². The highest BCUT2D eigenvalue weighted by Gasteiger charge is 2.33. The average molecular weight is 368 g/mol. The molecule has 0 bridgehead atoms. The van der Waals surface area contributed by atoms with Crippen molar-refractivity contribution in [2.75, 3.05) is 26.1 Å². The maximum Gasteiger partial charge on any atom is 0.418 e. The maximum atomic E-state index is 13.0. The van der Waals surface area contributed by atoms with Gasteiger partial charge in [0.25, 0.3) is 0 Å². The number of benzene rings is 2. The number of alkyl halides is 3. The van der Waals surface area contributed by atoms with Gasteiger partial charge in [0.05, 0.1) is 24.5 Å². The molecule has 2 amide bonds. The first-order chi connectivity index (χ1) is 12.3. The van der Waals surface area contributed by atoms with E-state index < -0.39 is 23.9 Å². The normalized spacial score (nSPS) is 12.3. The number of ether oxygens (including phenoxy) is 2. The summed E-state index contributed by atoms with van der Waals surface area (Å²) in [5, 5.41) is 4.73. The molecule has 0 aliphatic rings. The monoisotopic (exact) mass is 368 g/mol. The van der Waals surface area contributed by atoms with E-state index in [9.17, 15) is 18.0 Å². The van der Waals surface area contributed by atoms with Gasteiger partial charge in [0.1, 0.15) is 5.75 Å². The van der Waals surface area contributed by atoms with E-state index in [1.165, 1.54) is 32.4 Å². The molecule has 2 rings (SSSR count). The summed E-state index contributed by atoms with van der Waals surface area (Å²) in [6, 6.07) is 11.1. The Bertz CT molecular complexity index is 750. The lowest BCUT2D eigenvalue weighted by Crippen LogP contribution is -2.33. The molecule has 2 N–H and O–H groups in total. The molecule has 0 radical (unpaired) electrons. The van der Waals surface area contributed by atoms with Gasteiger partial charge in [-0.25, -0.2) is 4.79 Å². The lowest BCUT2D eigenvalue weighted by atomic mass is 10.1. The molecular weight excluding hydrogens is 349 g/mol. The van der Waals surface area contributed by atoms with Gasteiger partial charge >= 0.3 is 12.2 Å². The number of hydrogen-bond donors (Lipinski definition) is 2. The van der Waals surface area contributed by atoms with Crippen molar-refractivity contribution in [1.82, 2.24) is 5.32 Å². The van der Waals surface area contributed by atoms with Crippen LogP contribution in [-0.2, 0) is 10.9 Å². The number of methoxy groups -OCH3 is 2. The minimum atomic E-state index is -4.56. The van der Waals surface area contributed by atoms with Crippen LogP contribution in [0.4, 0.5) is 23.7 Å². The first-order valence-electron chi connectivity index (χ1n) is 7.73. The van der Waals surface area contributed by atoms with Crippen LogP contribution in [0.2, 0.25) is 0 Å². The van der Waals surface area contributed by atoms with E-state index in [1.54, 1.807) is 24.3 Å². The maximum absolute atomic E-state index is 13.0.